The molecule has 0 aromatic carbocycles. The van der Waals surface area contributed by atoms with Gasteiger partial charge in [-0.2, -0.15) is 4.98 Å². The molecule has 0 bridgehead atoms. The van der Waals surface area contributed by atoms with Gasteiger partial charge in [-0.05, 0) is 47.9 Å². The summed E-state index contributed by atoms with van der Waals surface area (Å²) in [6.45, 7) is 6.20. The van der Waals surface area contributed by atoms with Crippen LogP contribution in [0.15, 0.2) is 10.7 Å². The molecule has 0 aliphatic heterocycles. The van der Waals surface area contributed by atoms with Gasteiger partial charge in [-0.3, -0.25) is 0 Å². The summed E-state index contributed by atoms with van der Waals surface area (Å²) in [7, 11) is 2.12. The molecular formula is C11H18BrClN4. The maximum atomic E-state index is 5.74. The van der Waals surface area contributed by atoms with E-state index in [9.17, 15) is 0 Å². The first-order chi connectivity index (χ1) is 8.04. The lowest BCUT2D eigenvalue weighted by Gasteiger charge is -2.23. The van der Waals surface area contributed by atoms with Gasteiger partial charge < -0.3 is 10.2 Å². The van der Waals surface area contributed by atoms with Crippen molar-refractivity contribution in [3.8, 4) is 0 Å². The van der Waals surface area contributed by atoms with E-state index in [2.05, 4.69) is 57.0 Å². The first kappa shape index (κ1) is 14.7. The first-order valence-corrected chi connectivity index (χ1v) is 6.83. The van der Waals surface area contributed by atoms with E-state index in [1.54, 1.807) is 6.20 Å². The molecule has 96 valence electrons. The van der Waals surface area contributed by atoms with Crippen LogP contribution >= 0.6 is 27.5 Å². The van der Waals surface area contributed by atoms with Crippen molar-refractivity contribution >= 4 is 33.3 Å². The first-order valence-electron chi connectivity index (χ1n) is 5.66. The molecule has 1 unspecified atom stereocenters. The third-order valence-corrected chi connectivity index (χ3v) is 3.58. The van der Waals surface area contributed by atoms with Crippen LogP contribution in [-0.2, 0) is 0 Å². The zero-order valence-electron chi connectivity index (χ0n) is 10.4. The van der Waals surface area contributed by atoms with Crippen LogP contribution in [0.5, 0.6) is 0 Å². The highest BCUT2D eigenvalue weighted by molar-refractivity contribution is 9.10. The Morgan fingerprint density at radius 3 is 2.94 bits per heavy atom. The van der Waals surface area contributed by atoms with Crippen molar-refractivity contribution < 1.29 is 0 Å². The van der Waals surface area contributed by atoms with Crippen LogP contribution in [0.25, 0.3) is 0 Å². The molecule has 0 saturated carbocycles. The molecule has 1 heterocycles. The fraction of sp³-hybridized carbons (Fsp3) is 0.636. The predicted octanol–water partition coefficient (Wildman–Crippen LogP) is 3.03. The second-order valence-corrected chi connectivity index (χ2v) is 5.19. The molecule has 1 atom stereocenters. The van der Waals surface area contributed by atoms with Gasteiger partial charge in [0.15, 0.2) is 0 Å². The molecule has 17 heavy (non-hydrogen) atoms. The topological polar surface area (TPSA) is 41.0 Å². The van der Waals surface area contributed by atoms with E-state index in [0.29, 0.717) is 6.04 Å². The third-order valence-electron chi connectivity index (χ3n) is 2.81. The Hall–Kier alpha value is -0.390. The number of halogens is 2. The number of likely N-dealkylation sites (N-methyl/N-ethyl adjacent to an activating group) is 1. The van der Waals surface area contributed by atoms with Crippen molar-refractivity contribution in [2.45, 2.75) is 26.3 Å². The lowest BCUT2D eigenvalue weighted by molar-refractivity contribution is 0.261. The summed E-state index contributed by atoms with van der Waals surface area (Å²) in [6.07, 6.45) is 2.80. The number of hydrogen-bond donors (Lipinski definition) is 1. The SMILES string of the molecule is CCC(C)N(C)CCNc1nc(Cl)ncc1Br. The number of rotatable bonds is 6. The number of hydrogen-bond acceptors (Lipinski definition) is 4. The molecule has 0 radical (unpaired) electrons. The number of anilines is 1. The largest absolute Gasteiger partial charge is 0.368 e. The van der Waals surface area contributed by atoms with Crippen LogP contribution in [0.3, 0.4) is 0 Å². The second kappa shape index (κ2) is 7.13. The van der Waals surface area contributed by atoms with Crippen molar-refractivity contribution in [1.29, 1.82) is 0 Å². The lowest BCUT2D eigenvalue weighted by Crippen LogP contribution is -2.32. The van der Waals surface area contributed by atoms with E-state index >= 15 is 0 Å². The molecule has 1 N–H and O–H groups in total. The molecular weight excluding hydrogens is 304 g/mol. The van der Waals surface area contributed by atoms with Crippen molar-refractivity contribution in [3.63, 3.8) is 0 Å². The van der Waals surface area contributed by atoms with Crippen LogP contribution in [0.4, 0.5) is 5.82 Å². The molecule has 1 aromatic rings. The summed E-state index contributed by atoms with van der Waals surface area (Å²) >= 11 is 9.12. The van der Waals surface area contributed by atoms with Crippen LogP contribution in [0, 0.1) is 0 Å². The van der Waals surface area contributed by atoms with E-state index in [1.807, 2.05) is 0 Å². The number of nitrogens with zero attached hydrogens (tertiary/aromatic N) is 3. The van der Waals surface area contributed by atoms with Crippen molar-refractivity contribution in [3.05, 3.63) is 16.0 Å². The Morgan fingerprint density at radius 1 is 1.59 bits per heavy atom. The summed E-state index contributed by atoms with van der Waals surface area (Å²) in [6, 6.07) is 0.592. The fourth-order valence-electron chi connectivity index (χ4n) is 1.35. The Kier molecular flexibility index (Phi) is 6.16. The Bertz CT molecular complexity index is 361. The molecule has 4 nitrogen and oxygen atoms in total. The Morgan fingerprint density at radius 2 is 2.29 bits per heavy atom. The molecule has 1 rings (SSSR count). The van der Waals surface area contributed by atoms with Crippen LogP contribution in [0.1, 0.15) is 20.3 Å². The fourth-order valence-corrected chi connectivity index (χ4v) is 1.82. The van der Waals surface area contributed by atoms with Crippen LogP contribution in [-0.4, -0.2) is 41.0 Å². The highest BCUT2D eigenvalue weighted by Gasteiger charge is 2.07. The van der Waals surface area contributed by atoms with Gasteiger partial charge >= 0.3 is 0 Å². The number of aromatic nitrogens is 2. The van der Waals surface area contributed by atoms with Crippen LogP contribution < -0.4 is 5.32 Å². The normalized spacial score (nSPS) is 12.8. The van der Waals surface area contributed by atoms with Gasteiger partial charge in [0.2, 0.25) is 5.28 Å². The summed E-state index contributed by atoms with van der Waals surface area (Å²) in [5.41, 5.74) is 0. The molecule has 0 aliphatic carbocycles. The summed E-state index contributed by atoms with van der Waals surface area (Å²) in [5.74, 6) is 0.738. The standard InChI is InChI=1S/C11H18BrClN4/c1-4-8(2)17(3)6-5-14-10-9(12)7-15-11(13)16-10/h7-8H,4-6H2,1-3H3,(H,14,15,16). The van der Waals surface area contributed by atoms with E-state index < -0.39 is 0 Å². The Balaban J connectivity index is 2.43. The van der Waals surface area contributed by atoms with Gasteiger partial charge in [0, 0.05) is 25.3 Å². The third kappa shape index (κ3) is 4.77. The second-order valence-electron chi connectivity index (χ2n) is 4.00. The van der Waals surface area contributed by atoms with E-state index in [0.717, 1.165) is 29.8 Å². The molecule has 6 heteroatoms. The monoisotopic (exact) mass is 320 g/mol. The molecule has 0 amide bonds. The van der Waals surface area contributed by atoms with Gasteiger partial charge in [0.1, 0.15) is 5.82 Å². The average molecular weight is 322 g/mol. The molecule has 0 fully saturated rings. The Labute approximate surface area is 116 Å². The van der Waals surface area contributed by atoms with Gasteiger partial charge in [-0.1, -0.05) is 6.92 Å². The van der Waals surface area contributed by atoms with Crippen molar-refractivity contribution in [1.82, 2.24) is 14.9 Å². The number of nitrogens with one attached hydrogen (secondary N) is 1. The van der Waals surface area contributed by atoms with E-state index in [1.165, 1.54) is 0 Å². The van der Waals surface area contributed by atoms with E-state index in [-0.39, 0.29) is 5.28 Å². The molecule has 0 saturated heterocycles. The molecule has 1 aromatic heterocycles. The maximum absolute atomic E-state index is 5.74. The summed E-state index contributed by atoms with van der Waals surface area (Å²) < 4.78 is 0.827. The van der Waals surface area contributed by atoms with Gasteiger partial charge in [0.05, 0.1) is 4.47 Å². The minimum absolute atomic E-state index is 0.256. The van der Waals surface area contributed by atoms with Gasteiger partial charge in [-0.15, -0.1) is 0 Å². The van der Waals surface area contributed by atoms with Crippen LogP contribution in [0.2, 0.25) is 5.28 Å². The zero-order chi connectivity index (χ0) is 12.8. The molecule has 0 aliphatic rings. The highest BCUT2D eigenvalue weighted by atomic mass is 79.9. The van der Waals surface area contributed by atoms with Gasteiger partial charge in [0.25, 0.3) is 0 Å². The smallest absolute Gasteiger partial charge is 0.224 e. The lowest BCUT2D eigenvalue weighted by atomic mass is 10.2. The quantitative estimate of drug-likeness (QED) is 0.818. The predicted molar refractivity (Wildman–Crippen MR) is 75.6 cm³/mol. The van der Waals surface area contributed by atoms with E-state index in [4.69, 9.17) is 11.6 Å². The summed E-state index contributed by atoms with van der Waals surface area (Å²) in [5, 5.41) is 3.50. The van der Waals surface area contributed by atoms with Gasteiger partial charge in [-0.25, -0.2) is 4.98 Å². The summed E-state index contributed by atoms with van der Waals surface area (Å²) in [4.78, 5) is 10.3. The minimum atomic E-state index is 0.256. The minimum Gasteiger partial charge on any atom is -0.368 e. The zero-order valence-corrected chi connectivity index (χ0v) is 12.7. The van der Waals surface area contributed by atoms with Crippen molar-refractivity contribution in [2.75, 3.05) is 25.5 Å². The average Bonchev–Trinajstić information content (AvgIpc) is 2.32. The molecule has 0 spiro atoms. The maximum Gasteiger partial charge on any atom is 0.224 e. The van der Waals surface area contributed by atoms with Crippen molar-refractivity contribution in [2.24, 2.45) is 0 Å². The highest BCUT2D eigenvalue weighted by Crippen LogP contribution is 2.19.